The molecule has 0 aliphatic carbocycles. The number of aromatic nitrogens is 2. The van der Waals surface area contributed by atoms with Gasteiger partial charge in [0.2, 0.25) is 0 Å². The molecular weight excluding hydrogens is 357 g/mol. The Labute approximate surface area is 165 Å². The van der Waals surface area contributed by atoms with Crippen LogP contribution in [0.4, 0.5) is 10.2 Å². The first kappa shape index (κ1) is 18.8. The lowest BCUT2D eigenvalue weighted by atomic mass is 10.1. The number of carbonyl (C=O) groups is 1. The third-order valence-electron chi connectivity index (χ3n) is 5.57. The van der Waals surface area contributed by atoms with Gasteiger partial charge in [0.1, 0.15) is 17.3 Å². The molecule has 4 rings (SSSR count). The highest BCUT2D eigenvalue weighted by atomic mass is 19.1. The van der Waals surface area contributed by atoms with Crippen molar-refractivity contribution in [3.8, 4) is 0 Å². The number of amides is 1. The van der Waals surface area contributed by atoms with Gasteiger partial charge in [-0.05, 0) is 37.0 Å². The molecule has 0 bridgehead atoms. The van der Waals surface area contributed by atoms with Crippen molar-refractivity contribution < 1.29 is 9.18 Å². The van der Waals surface area contributed by atoms with E-state index in [1.54, 1.807) is 25.4 Å². The molecule has 0 saturated carbocycles. The molecule has 2 fully saturated rings. The summed E-state index contributed by atoms with van der Waals surface area (Å²) in [6.07, 6.45) is 5.41. The fourth-order valence-corrected chi connectivity index (χ4v) is 3.82. The van der Waals surface area contributed by atoms with Gasteiger partial charge in [0.15, 0.2) is 0 Å². The van der Waals surface area contributed by atoms with E-state index >= 15 is 0 Å². The van der Waals surface area contributed by atoms with Gasteiger partial charge in [-0.25, -0.2) is 9.37 Å². The average Bonchev–Trinajstić information content (AvgIpc) is 3.26. The number of carbonyl (C=O) groups excluding carboxylic acids is 1. The number of halogens is 1. The molecule has 1 aromatic heterocycles. The van der Waals surface area contributed by atoms with E-state index in [4.69, 9.17) is 0 Å². The fraction of sp³-hybridized carbons (Fsp3) is 0.476. The number of piperazine rings is 1. The van der Waals surface area contributed by atoms with Gasteiger partial charge in [0.05, 0.1) is 12.4 Å². The molecule has 1 aromatic carbocycles. The first-order valence-corrected chi connectivity index (χ1v) is 9.94. The molecule has 6 nitrogen and oxygen atoms in total. The molecule has 3 heterocycles. The summed E-state index contributed by atoms with van der Waals surface area (Å²) in [6, 6.07) is 5.45. The number of benzene rings is 1. The average molecular weight is 383 g/mol. The van der Waals surface area contributed by atoms with Crippen LogP contribution >= 0.6 is 0 Å². The van der Waals surface area contributed by atoms with Gasteiger partial charge >= 0.3 is 0 Å². The van der Waals surface area contributed by atoms with E-state index in [9.17, 15) is 9.18 Å². The van der Waals surface area contributed by atoms with Crippen molar-refractivity contribution in [3.05, 3.63) is 53.2 Å². The number of aryl methyl sites for hydroxylation is 1. The summed E-state index contributed by atoms with van der Waals surface area (Å²) in [4.78, 5) is 27.7. The lowest BCUT2D eigenvalue weighted by Crippen LogP contribution is -2.46. The Morgan fingerprint density at radius 1 is 1.07 bits per heavy atom. The second kappa shape index (κ2) is 8.22. The topological polar surface area (TPSA) is 52.6 Å². The van der Waals surface area contributed by atoms with Crippen LogP contribution in [0, 0.1) is 12.7 Å². The van der Waals surface area contributed by atoms with Crippen molar-refractivity contribution in [2.24, 2.45) is 0 Å². The standard InChI is InChI=1S/C21H26FN5O/c1-16-4-5-17(12-18(16)22)15-25-8-10-26(11-9-25)20-14-23-13-19(24-20)21(28)27-6-2-3-7-27/h4-5,12-14H,2-3,6-11,15H2,1H3. The zero-order valence-corrected chi connectivity index (χ0v) is 16.3. The number of likely N-dealkylation sites (tertiary alicyclic amines) is 1. The third kappa shape index (κ3) is 4.14. The molecule has 7 heteroatoms. The minimum atomic E-state index is -0.147. The van der Waals surface area contributed by atoms with E-state index < -0.39 is 0 Å². The molecule has 0 atom stereocenters. The molecule has 0 N–H and O–H groups in total. The zero-order chi connectivity index (χ0) is 19.5. The minimum Gasteiger partial charge on any atom is -0.353 e. The normalized spacial score (nSPS) is 17.9. The van der Waals surface area contributed by atoms with Gasteiger partial charge in [0, 0.05) is 45.8 Å². The summed E-state index contributed by atoms with van der Waals surface area (Å²) in [7, 11) is 0. The van der Waals surface area contributed by atoms with E-state index in [1.165, 1.54) is 0 Å². The van der Waals surface area contributed by atoms with Crippen molar-refractivity contribution in [2.75, 3.05) is 44.2 Å². The van der Waals surface area contributed by atoms with Gasteiger partial charge in [-0.2, -0.15) is 0 Å². The zero-order valence-electron chi connectivity index (χ0n) is 16.3. The third-order valence-corrected chi connectivity index (χ3v) is 5.57. The highest BCUT2D eigenvalue weighted by molar-refractivity contribution is 5.92. The monoisotopic (exact) mass is 383 g/mol. The van der Waals surface area contributed by atoms with E-state index in [0.29, 0.717) is 11.3 Å². The Morgan fingerprint density at radius 2 is 1.82 bits per heavy atom. The van der Waals surface area contributed by atoms with Gasteiger partial charge in [-0.15, -0.1) is 0 Å². The predicted octanol–water partition coefficient (Wildman–Crippen LogP) is 2.48. The maximum Gasteiger partial charge on any atom is 0.274 e. The Balaban J connectivity index is 1.36. The summed E-state index contributed by atoms with van der Waals surface area (Å²) in [5.41, 5.74) is 2.10. The molecule has 2 aromatic rings. The lowest BCUT2D eigenvalue weighted by Gasteiger charge is -2.35. The van der Waals surface area contributed by atoms with Crippen molar-refractivity contribution in [1.82, 2.24) is 19.8 Å². The Hall–Kier alpha value is -2.54. The highest BCUT2D eigenvalue weighted by Crippen LogP contribution is 2.18. The molecule has 0 spiro atoms. The maximum absolute atomic E-state index is 13.8. The predicted molar refractivity (Wildman–Crippen MR) is 106 cm³/mol. The number of anilines is 1. The van der Waals surface area contributed by atoms with Gasteiger partial charge < -0.3 is 9.80 Å². The highest BCUT2D eigenvalue weighted by Gasteiger charge is 2.23. The SMILES string of the molecule is Cc1ccc(CN2CCN(c3cncc(C(=O)N4CCCC4)n3)CC2)cc1F. The Bertz CT molecular complexity index is 844. The van der Waals surface area contributed by atoms with E-state index in [2.05, 4.69) is 19.8 Å². The van der Waals surface area contributed by atoms with Crippen LogP contribution in [0.3, 0.4) is 0 Å². The van der Waals surface area contributed by atoms with Crippen LogP contribution in [0.2, 0.25) is 0 Å². The molecule has 148 valence electrons. The van der Waals surface area contributed by atoms with Crippen LogP contribution in [-0.2, 0) is 6.54 Å². The van der Waals surface area contributed by atoms with Gasteiger partial charge in [-0.1, -0.05) is 12.1 Å². The Kier molecular flexibility index (Phi) is 5.52. The van der Waals surface area contributed by atoms with Gasteiger partial charge in [-0.3, -0.25) is 14.7 Å². The van der Waals surface area contributed by atoms with E-state index in [0.717, 1.165) is 70.0 Å². The molecule has 1 amide bonds. The van der Waals surface area contributed by atoms with E-state index in [-0.39, 0.29) is 11.7 Å². The molecular formula is C21H26FN5O. The molecule has 0 unspecified atom stereocenters. The van der Waals surface area contributed by atoms with Crippen LogP contribution in [0.5, 0.6) is 0 Å². The smallest absolute Gasteiger partial charge is 0.274 e. The summed E-state index contributed by atoms with van der Waals surface area (Å²) >= 11 is 0. The van der Waals surface area contributed by atoms with Gasteiger partial charge in [0.25, 0.3) is 5.91 Å². The summed E-state index contributed by atoms with van der Waals surface area (Å²) < 4.78 is 13.8. The maximum atomic E-state index is 13.8. The second-order valence-corrected chi connectivity index (χ2v) is 7.61. The van der Waals surface area contributed by atoms with Crippen molar-refractivity contribution in [1.29, 1.82) is 0 Å². The minimum absolute atomic E-state index is 0.0214. The summed E-state index contributed by atoms with van der Waals surface area (Å²) in [5.74, 6) is 0.587. The van der Waals surface area contributed by atoms with Crippen LogP contribution in [0.25, 0.3) is 0 Å². The number of hydrogen-bond donors (Lipinski definition) is 0. The van der Waals surface area contributed by atoms with Crippen LogP contribution in [0.15, 0.2) is 30.6 Å². The summed E-state index contributed by atoms with van der Waals surface area (Å²) in [6.45, 7) is 7.48. The molecule has 28 heavy (non-hydrogen) atoms. The summed E-state index contributed by atoms with van der Waals surface area (Å²) in [5, 5.41) is 0. The second-order valence-electron chi connectivity index (χ2n) is 7.61. The first-order valence-electron chi connectivity index (χ1n) is 9.94. The first-order chi connectivity index (χ1) is 13.6. The van der Waals surface area contributed by atoms with Crippen LogP contribution in [-0.4, -0.2) is 64.9 Å². The molecule has 2 aliphatic rings. The molecule has 2 aliphatic heterocycles. The van der Waals surface area contributed by atoms with Crippen molar-refractivity contribution in [2.45, 2.75) is 26.3 Å². The fourth-order valence-electron chi connectivity index (χ4n) is 3.82. The lowest BCUT2D eigenvalue weighted by molar-refractivity contribution is 0.0786. The largest absolute Gasteiger partial charge is 0.353 e. The van der Waals surface area contributed by atoms with Crippen LogP contribution in [0.1, 0.15) is 34.5 Å². The Morgan fingerprint density at radius 3 is 2.54 bits per heavy atom. The van der Waals surface area contributed by atoms with Crippen molar-refractivity contribution >= 4 is 11.7 Å². The number of rotatable bonds is 4. The van der Waals surface area contributed by atoms with Crippen LogP contribution < -0.4 is 4.90 Å². The molecule has 0 radical (unpaired) electrons. The van der Waals surface area contributed by atoms with Crippen molar-refractivity contribution in [3.63, 3.8) is 0 Å². The quantitative estimate of drug-likeness (QED) is 0.812. The number of hydrogen-bond acceptors (Lipinski definition) is 5. The number of nitrogens with zero attached hydrogens (tertiary/aromatic N) is 5. The van der Waals surface area contributed by atoms with E-state index in [1.807, 2.05) is 17.0 Å². The molecule has 2 saturated heterocycles.